The Morgan fingerprint density at radius 3 is 2.21 bits per heavy atom. The summed E-state index contributed by atoms with van der Waals surface area (Å²) in [5.74, 6) is -0.339. The molecule has 0 saturated heterocycles. The minimum Gasteiger partial charge on any atom is -0.497 e. The Hall–Kier alpha value is -4.32. The lowest BCUT2D eigenvalue weighted by Crippen LogP contribution is -2.54. The number of rotatable bonds is 10. The number of nitrogens with one attached hydrogen (secondary N) is 1. The summed E-state index contributed by atoms with van der Waals surface area (Å²) in [7, 11) is -2.84. The van der Waals surface area contributed by atoms with Gasteiger partial charge in [0.1, 0.15) is 37.4 Å². The molecule has 1 atom stereocenters. The number of halogens is 1. The topological polar surface area (TPSA) is 114 Å². The number of carbonyl (C=O) groups excluding carboxylic acids is 2. The highest BCUT2D eigenvalue weighted by atomic mass is 32.2. The lowest BCUT2D eigenvalue weighted by molar-refractivity contribution is -0.140. The second kappa shape index (κ2) is 12.9. The van der Waals surface area contributed by atoms with E-state index < -0.39 is 45.8 Å². The van der Waals surface area contributed by atoms with E-state index in [9.17, 15) is 22.4 Å². The van der Waals surface area contributed by atoms with E-state index in [4.69, 9.17) is 14.2 Å². The molecule has 1 N–H and O–H groups in total. The van der Waals surface area contributed by atoms with Crippen LogP contribution in [0.4, 0.5) is 10.1 Å². The van der Waals surface area contributed by atoms with Crippen molar-refractivity contribution in [3.05, 3.63) is 78.1 Å². The average Bonchev–Trinajstić information content (AvgIpc) is 2.97. The molecule has 0 saturated carbocycles. The van der Waals surface area contributed by atoms with Crippen LogP contribution < -0.4 is 23.8 Å². The first kappa shape index (κ1) is 31.6. The molecule has 4 rings (SSSR count). The average molecular weight is 614 g/mol. The third-order valence-corrected chi connectivity index (χ3v) is 8.44. The lowest BCUT2D eigenvalue weighted by Gasteiger charge is -2.33. The molecule has 3 aromatic rings. The van der Waals surface area contributed by atoms with Crippen molar-refractivity contribution in [1.82, 2.24) is 10.2 Å². The van der Waals surface area contributed by atoms with Gasteiger partial charge in [0.05, 0.1) is 17.7 Å². The fourth-order valence-electron chi connectivity index (χ4n) is 4.43. The maximum atomic E-state index is 14.1. The normalized spacial score (nSPS) is 13.5. The van der Waals surface area contributed by atoms with Gasteiger partial charge in [-0.15, -0.1) is 0 Å². The number of benzene rings is 3. The highest BCUT2D eigenvalue weighted by Gasteiger charge is 2.34. The van der Waals surface area contributed by atoms with Crippen molar-refractivity contribution in [1.29, 1.82) is 0 Å². The summed E-state index contributed by atoms with van der Waals surface area (Å²) in [5, 5.41) is 2.88. The lowest BCUT2D eigenvalue weighted by atomic mass is 10.1. The zero-order valence-electron chi connectivity index (χ0n) is 24.8. The molecule has 0 aliphatic carbocycles. The van der Waals surface area contributed by atoms with Crippen molar-refractivity contribution in [2.45, 2.75) is 50.7 Å². The predicted octanol–water partition coefficient (Wildman–Crippen LogP) is 4.13. The molecule has 0 fully saturated rings. The molecule has 3 aromatic carbocycles. The Labute approximate surface area is 251 Å². The minimum atomic E-state index is -4.37. The second-order valence-electron chi connectivity index (χ2n) is 11.1. The number of carbonyl (C=O) groups is 2. The SMILES string of the molecule is COc1ccc(CN(C(=O)CN(c2ccc(F)cc2)S(=O)(=O)c2ccc3c(c2)OCCO3)[C@H](C)C(=O)NC(C)(C)C)cc1. The molecule has 0 radical (unpaired) electrons. The van der Waals surface area contributed by atoms with E-state index in [2.05, 4.69) is 5.32 Å². The maximum absolute atomic E-state index is 14.1. The van der Waals surface area contributed by atoms with Crippen LogP contribution in [0, 0.1) is 5.82 Å². The number of nitrogens with zero attached hydrogens (tertiary/aromatic N) is 2. The standard InChI is InChI=1S/C31H36FN3O7S/c1-21(30(37)33-31(2,3)4)34(19-22-6-12-25(40-5)13-7-22)29(36)20-35(24-10-8-23(32)9-11-24)43(38,39)26-14-15-27-28(18-26)42-17-16-41-27/h6-15,18,21H,16-17,19-20H2,1-5H3,(H,33,37)/t21-/m1/s1. The number of anilines is 1. The van der Waals surface area contributed by atoms with E-state index in [0.29, 0.717) is 23.7 Å². The van der Waals surface area contributed by atoms with Crippen LogP contribution in [0.15, 0.2) is 71.6 Å². The first-order valence-corrected chi connectivity index (χ1v) is 15.1. The third-order valence-electron chi connectivity index (χ3n) is 6.67. The molecule has 0 bridgehead atoms. The number of hydrogen-bond acceptors (Lipinski definition) is 7. The van der Waals surface area contributed by atoms with Crippen molar-refractivity contribution in [3.63, 3.8) is 0 Å². The van der Waals surface area contributed by atoms with Gasteiger partial charge in [-0.05, 0) is 81.8 Å². The van der Waals surface area contributed by atoms with Gasteiger partial charge in [0.25, 0.3) is 10.0 Å². The summed E-state index contributed by atoms with van der Waals surface area (Å²) in [5.41, 5.74) is 0.204. The van der Waals surface area contributed by atoms with Crippen molar-refractivity contribution in [2.24, 2.45) is 0 Å². The van der Waals surface area contributed by atoms with Crippen LogP contribution in [0.2, 0.25) is 0 Å². The molecule has 230 valence electrons. The van der Waals surface area contributed by atoms with Crippen LogP contribution in [0.25, 0.3) is 0 Å². The summed E-state index contributed by atoms with van der Waals surface area (Å²) in [6.45, 7) is 7.00. The smallest absolute Gasteiger partial charge is 0.264 e. The quantitative estimate of drug-likeness (QED) is 0.366. The molecule has 0 spiro atoms. The molecule has 1 aliphatic heterocycles. The van der Waals surface area contributed by atoms with Crippen LogP contribution in [0.5, 0.6) is 17.2 Å². The Morgan fingerprint density at radius 2 is 1.60 bits per heavy atom. The molecule has 43 heavy (non-hydrogen) atoms. The monoisotopic (exact) mass is 613 g/mol. The van der Waals surface area contributed by atoms with Crippen molar-refractivity contribution in [2.75, 3.05) is 31.2 Å². The first-order chi connectivity index (χ1) is 20.3. The van der Waals surface area contributed by atoms with Gasteiger partial charge in [0.2, 0.25) is 11.8 Å². The summed E-state index contributed by atoms with van der Waals surface area (Å²) in [6, 6.07) is 15.0. The highest BCUT2D eigenvalue weighted by molar-refractivity contribution is 7.92. The van der Waals surface area contributed by atoms with Crippen LogP contribution >= 0.6 is 0 Å². The van der Waals surface area contributed by atoms with Gasteiger partial charge in [-0.25, -0.2) is 12.8 Å². The first-order valence-electron chi connectivity index (χ1n) is 13.7. The molecular weight excluding hydrogens is 577 g/mol. The summed E-state index contributed by atoms with van der Waals surface area (Å²) in [4.78, 5) is 28.4. The predicted molar refractivity (Wildman–Crippen MR) is 159 cm³/mol. The Balaban J connectivity index is 1.72. The molecule has 0 unspecified atom stereocenters. The van der Waals surface area contributed by atoms with Gasteiger partial charge in [-0.3, -0.25) is 13.9 Å². The van der Waals surface area contributed by atoms with E-state index >= 15 is 0 Å². The van der Waals surface area contributed by atoms with E-state index in [1.165, 1.54) is 42.3 Å². The van der Waals surface area contributed by atoms with Crippen LogP contribution in [0.3, 0.4) is 0 Å². The van der Waals surface area contributed by atoms with Crippen molar-refractivity contribution < 1.29 is 36.6 Å². The number of ether oxygens (including phenoxy) is 3. The van der Waals surface area contributed by atoms with Crippen LogP contribution in [0.1, 0.15) is 33.3 Å². The largest absolute Gasteiger partial charge is 0.497 e. The third kappa shape index (κ3) is 7.75. The summed E-state index contributed by atoms with van der Waals surface area (Å²) in [6.07, 6.45) is 0. The maximum Gasteiger partial charge on any atom is 0.264 e. The fourth-order valence-corrected chi connectivity index (χ4v) is 5.86. The van der Waals surface area contributed by atoms with Crippen molar-refractivity contribution >= 4 is 27.5 Å². The summed E-state index contributed by atoms with van der Waals surface area (Å²) >= 11 is 0. The molecule has 2 amide bonds. The Morgan fingerprint density at radius 1 is 0.977 bits per heavy atom. The molecule has 12 heteroatoms. The van der Waals surface area contributed by atoms with Gasteiger partial charge < -0.3 is 24.4 Å². The van der Waals surface area contributed by atoms with Gasteiger partial charge in [-0.2, -0.15) is 0 Å². The Bertz CT molecular complexity index is 1560. The van der Waals surface area contributed by atoms with Gasteiger partial charge in [-0.1, -0.05) is 12.1 Å². The van der Waals surface area contributed by atoms with Gasteiger partial charge >= 0.3 is 0 Å². The van der Waals surface area contributed by atoms with Crippen LogP contribution in [-0.4, -0.2) is 63.6 Å². The molecule has 1 aliphatic rings. The van der Waals surface area contributed by atoms with Crippen molar-refractivity contribution in [3.8, 4) is 17.2 Å². The van der Waals surface area contributed by atoms with E-state index in [0.717, 1.165) is 16.4 Å². The van der Waals surface area contributed by atoms with E-state index in [-0.39, 0.29) is 29.5 Å². The molecule has 10 nitrogen and oxygen atoms in total. The Kier molecular flexibility index (Phi) is 9.49. The van der Waals surface area contributed by atoms with Gasteiger partial charge in [0, 0.05) is 18.2 Å². The number of methoxy groups -OCH3 is 1. The van der Waals surface area contributed by atoms with E-state index in [1.807, 2.05) is 20.8 Å². The zero-order valence-corrected chi connectivity index (χ0v) is 25.6. The fraction of sp³-hybridized carbons (Fsp3) is 0.355. The minimum absolute atomic E-state index is 0.0168. The number of fused-ring (bicyclic) bond motifs is 1. The molecular formula is C31H36FN3O7S. The number of sulfonamides is 1. The molecule has 0 aromatic heterocycles. The summed E-state index contributed by atoms with van der Waals surface area (Å²) < 4.78 is 59.2. The van der Waals surface area contributed by atoms with E-state index in [1.54, 1.807) is 31.2 Å². The second-order valence-corrected chi connectivity index (χ2v) is 12.9. The van der Waals surface area contributed by atoms with Gasteiger partial charge in [0.15, 0.2) is 11.5 Å². The van der Waals surface area contributed by atoms with Crippen LogP contribution in [-0.2, 0) is 26.2 Å². The number of amides is 2. The number of hydrogen-bond donors (Lipinski definition) is 1. The zero-order chi connectivity index (χ0) is 31.4. The molecule has 1 heterocycles. The highest BCUT2D eigenvalue weighted by Crippen LogP contribution is 2.34.